The summed E-state index contributed by atoms with van der Waals surface area (Å²) in [6, 6.07) is 6.56. The Morgan fingerprint density at radius 2 is 2.10 bits per heavy atom. The van der Waals surface area contributed by atoms with Gasteiger partial charge in [-0.2, -0.15) is 9.37 Å². The van der Waals surface area contributed by atoms with Crippen LogP contribution in [0.2, 0.25) is 0 Å². The van der Waals surface area contributed by atoms with Crippen LogP contribution in [0.3, 0.4) is 0 Å². The summed E-state index contributed by atoms with van der Waals surface area (Å²) < 4.78 is 19.4. The second-order valence-electron chi connectivity index (χ2n) is 4.07. The Morgan fingerprint density at radius 3 is 2.80 bits per heavy atom. The van der Waals surface area contributed by atoms with Crippen LogP contribution in [0.15, 0.2) is 30.6 Å². The number of aliphatic carboxylic acids is 1. The fourth-order valence-electron chi connectivity index (χ4n) is 1.72. The van der Waals surface area contributed by atoms with Crippen molar-refractivity contribution < 1.29 is 19.0 Å². The Labute approximate surface area is 115 Å². The number of halogens is 1. The highest BCUT2D eigenvalue weighted by atomic mass is 19.1. The molecule has 0 radical (unpaired) electrons. The lowest BCUT2D eigenvalue weighted by atomic mass is 10.1. The lowest BCUT2D eigenvalue weighted by Gasteiger charge is -2.10. The summed E-state index contributed by atoms with van der Waals surface area (Å²) >= 11 is 0. The molecule has 5 nitrogen and oxygen atoms in total. The maximum atomic E-state index is 14.0. The summed E-state index contributed by atoms with van der Waals surface area (Å²) in [4.78, 5) is 18.3. The van der Waals surface area contributed by atoms with E-state index in [1.807, 2.05) is 0 Å². The normalized spacial score (nSPS) is 10.3. The van der Waals surface area contributed by atoms with Crippen molar-refractivity contribution in [2.45, 2.75) is 19.8 Å². The van der Waals surface area contributed by atoms with Crippen LogP contribution in [0.5, 0.6) is 11.6 Å². The van der Waals surface area contributed by atoms with E-state index in [0.29, 0.717) is 12.0 Å². The van der Waals surface area contributed by atoms with Gasteiger partial charge < -0.3 is 9.84 Å². The Balaban J connectivity index is 2.33. The van der Waals surface area contributed by atoms with Crippen LogP contribution in [-0.4, -0.2) is 21.0 Å². The van der Waals surface area contributed by atoms with Crippen LogP contribution in [0, 0.1) is 5.82 Å². The molecule has 0 amide bonds. The fraction of sp³-hybridized carbons (Fsp3) is 0.214. The van der Waals surface area contributed by atoms with E-state index in [0.717, 1.165) is 0 Å². The van der Waals surface area contributed by atoms with E-state index >= 15 is 0 Å². The highest BCUT2D eigenvalue weighted by Crippen LogP contribution is 2.26. The molecule has 104 valence electrons. The highest BCUT2D eigenvalue weighted by Gasteiger charge is 2.14. The van der Waals surface area contributed by atoms with Crippen LogP contribution < -0.4 is 4.74 Å². The van der Waals surface area contributed by atoms with Gasteiger partial charge in [0.2, 0.25) is 5.82 Å². The van der Waals surface area contributed by atoms with Crippen molar-refractivity contribution in [3.63, 3.8) is 0 Å². The minimum atomic E-state index is -0.988. The van der Waals surface area contributed by atoms with Gasteiger partial charge in [-0.15, -0.1) is 0 Å². The zero-order chi connectivity index (χ0) is 14.5. The summed E-state index contributed by atoms with van der Waals surface area (Å²) in [6.45, 7) is 1.77. The van der Waals surface area contributed by atoms with Gasteiger partial charge in [0.05, 0.1) is 12.1 Å². The zero-order valence-electron chi connectivity index (χ0n) is 10.8. The molecular formula is C14H13FN2O3. The molecule has 20 heavy (non-hydrogen) atoms. The number of aryl methyl sites for hydroxylation is 1. The maximum Gasteiger partial charge on any atom is 0.307 e. The molecule has 0 aliphatic heterocycles. The Hall–Kier alpha value is -2.50. The van der Waals surface area contributed by atoms with Crippen LogP contribution >= 0.6 is 0 Å². The number of para-hydroxylation sites is 1. The molecule has 0 atom stereocenters. The van der Waals surface area contributed by atoms with Crippen molar-refractivity contribution in [3.8, 4) is 11.6 Å². The number of ether oxygens (including phenoxy) is 1. The lowest BCUT2D eigenvalue weighted by Crippen LogP contribution is -2.04. The molecule has 0 saturated heterocycles. The Bertz CT molecular complexity index is 632. The predicted molar refractivity (Wildman–Crippen MR) is 69.2 cm³/mol. The van der Waals surface area contributed by atoms with E-state index in [-0.39, 0.29) is 23.7 Å². The van der Waals surface area contributed by atoms with Crippen LogP contribution in [0.1, 0.15) is 18.2 Å². The summed E-state index contributed by atoms with van der Waals surface area (Å²) in [5, 5.41) is 8.84. The number of hydrogen-bond acceptors (Lipinski definition) is 4. The second kappa shape index (κ2) is 6.10. The smallest absolute Gasteiger partial charge is 0.307 e. The first-order valence-electron chi connectivity index (χ1n) is 6.08. The van der Waals surface area contributed by atoms with Gasteiger partial charge in [0.15, 0.2) is 0 Å². The number of nitrogens with zero attached hydrogens (tertiary/aromatic N) is 2. The Kier molecular flexibility index (Phi) is 4.24. The third-order valence-corrected chi connectivity index (χ3v) is 2.69. The number of carboxylic acids is 1. The van der Waals surface area contributed by atoms with Crippen molar-refractivity contribution in [2.24, 2.45) is 0 Å². The van der Waals surface area contributed by atoms with Crippen LogP contribution in [-0.2, 0) is 17.6 Å². The van der Waals surface area contributed by atoms with E-state index in [1.165, 1.54) is 6.33 Å². The van der Waals surface area contributed by atoms with Gasteiger partial charge in [-0.25, -0.2) is 4.98 Å². The van der Waals surface area contributed by atoms with E-state index in [4.69, 9.17) is 9.84 Å². The number of benzene rings is 1. The molecule has 0 spiro atoms. The summed E-state index contributed by atoms with van der Waals surface area (Å²) in [5.41, 5.74) is 0.710. The third-order valence-electron chi connectivity index (χ3n) is 2.69. The first-order valence-corrected chi connectivity index (χ1v) is 6.08. The summed E-state index contributed by atoms with van der Waals surface area (Å²) in [5.74, 6) is -1.54. The maximum absolute atomic E-state index is 14.0. The topological polar surface area (TPSA) is 72.3 Å². The molecule has 2 aromatic rings. The van der Waals surface area contributed by atoms with Gasteiger partial charge in [0.25, 0.3) is 5.88 Å². The van der Waals surface area contributed by atoms with Crippen molar-refractivity contribution in [1.82, 2.24) is 9.97 Å². The zero-order valence-corrected chi connectivity index (χ0v) is 10.8. The van der Waals surface area contributed by atoms with Gasteiger partial charge in [-0.05, 0) is 12.5 Å². The van der Waals surface area contributed by atoms with Crippen molar-refractivity contribution in [1.29, 1.82) is 0 Å². The molecule has 1 aromatic carbocycles. The van der Waals surface area contributed by atoms with E-state index in [9.17, 15) is 9.18 Å². The number of hydrogen-bond donors (Lipinski definition) is 1. The molecule has 0 saturated carbocycles. The van der Waals surface area contributed by atoms with Crippen LogP contribution in [0.25, 0.3) is 0 Å². The number of carbonyl (C=O) groups is 1. The largest absolute Gasteiger partial charge is 0.481 e. The molecule has 1 aromatic heterocycles. The average Bonchev–Trinajstić information content (AvgIpc) is 2.42. The first-order chi connectivity index (χ1) is 9.61. The highest BCUT2D eigenvalue weighted by molar-refractivity contribution is 5.71. The molecule has 0 aliphatic carbocycles. The van der Waals surface area contributed by atoms with E-state index < -0.39 is 11.8 Å². The van der Waals surface area contributed by atoms with Crippen molar-refractivity contribution in [3.05, 3.63) is 47.7 Å². The van der Waals surface area contributed by atoms with Crippen molar-refractivity contribution >= 4 is 5.97 Å². The minimum absolute atomic E-state index is 0.199. The number of rotatable bonds is 5. The fourth-order valence-corrected chi connectivity index (χ4v) is 1.72. The molecule has 0 unspecified atom stereocenters. The quantitative estimate of drug-likeness (QED) is 0.908. The predicted octanol–water partition coefficient (Wildman–Crippen LogP) is 2.60. The van der Waals surface area contributed by atoms with Gasteiger partial charge in [-0.3, -0.25) is 4.79 Å². The summed E-state index contributed by atoms with van der Waals surface area (Å²) in [6.07, 6.45) is 1.43. The average molecular weight is 276 g/mol. The van der Waals surface area contributed by atoms with Gasteiger partial charge in [0, 0.05) is 5.56 Å². The van der Waals surface area contributed by atoms with Gasteiger partial charge in [0.1, 0.15) is 12.1 Å². The lowest BCUT2D eigenvalue weighted by molar-refractivity contribution is -0.136. The monoisotopic (exact) mass is 276 g/mol. The molecule has 0 bridgehead atoms. The molecule has 6 heteroatoms. The Morgan fingerprint density at radius 1 is 1.35 bits per heavy atom. The SMILES string of the molecule is CCc1ncnc(Oc2ccccc2CC(=O)O)c1F. The molecule has 0 fully saturated rings. The van der Waals surface area contributed by atoms with Gasteiger partial charge in [-0.1, -0.05) is 25.1 Å². The third kappa shape index (κ3) is 3.09. The number of aromatic nitrogens is 2. The first kappa shape index (κ1) is 13.9. The van der Waals surface area contributed by atoms with E-state index in [1.54, 1.807) is 31.2 Å². The van der Waals surface area contributed by atoms with E-state index in [2.05, 4.69) is 9.97 Å². The molecular weight excluding hydrogens is 263 g/mol. The molecule has 0 aliphatic rings. The molecule has 1 N–H and O–H groups in total. The van der Waals surface area contributed by atoms with Gasteiger partial charge >= 0.3 is 5.97 Å². The molecule has 1 heterocycles. The van der Waals surface area contributed by atoms with Crippen molar-refractivity contribution in [2.75, 3.05) is 0 Å². The number of carboxylic acid groups (broad SMARTS) is 1. The summed E-state index contributed by atoms with van der Waals surface area (Å²) in [7, 11) is 0. The standard InChI is InChI=1S/C14H13FN2O3/c1-2-10-13(15)14(17-8-16-10)20-11-6-4-3-5-9(11)7-12(18)19/h3-6,8H,2,7H2,1H3,(H,18,19). The molecule has 2 rings (SSSR count). The van der Waals surface area contributed by atoms with Crippen LogP contribution in [0.4, 0.5) is 4.39 Å². The minimum Gasteiger partial charge on any atom is -0.481 e. The second-order valence-corrected chi connectivity index (χ2v) is 4.07.